The number of carboxylic acids is 1. The van der Waals surface area contributed by atoms with Gasteiger partial charge in [-0.25, -0.2) is 4.79 Å². The summed E-state index contributed by atoms with van der Waals surface area (Å²) in [6.07, 6.45) is 2.40. The van der Waals surface area contributed by atoms with Crippen molar-refractivity contribution in [3.8, 4) is 0 Å². The van der Waals surface area contributed by atoms with Crippen LogP contribution in [0.3, 0.4) is 0 Å². The molecule has 1 rings (SSSR count). The standard InChI is InChI=1S/C14H20N2O4S/c1-10(2)9-15-21(19,20)16-13-8-12(5-4-11(13)3)6-7-14(17)18/h4-8,10,15-16H,9H2,1-3H3,(H,17,18)/b7-6+. The Morgan fingerprint density at radius 1 is 1.38 bits per heavy atom. The molecule has 6 nitrogen and oxygen atoms in total. The smallest absolute Gasteiger partial charge is 0.328 e. The first kappa shape index (κ1) is 17.2. The van der Waals surface area contributed by atoms with Gasteiger partial charge in [0.25, 0.3) is 10.2 Å². The highest BCUT2D eigenvalue weighted by Gasteiger charge is 2.11. The van der Waals surface area contributed by atoms with Crippen molar-refractivity contribution < 1.29 is 18.3 Å². The van der Waals surface area contributed by atoms with E-state index in [1.54, 1.807) is 25.1 Å². The van der Waals surface area contributed by atoms with Crippen LogP contribution >= 0.6 is 0 Å². The number of hydrogen-bond donors (Lipinski definition) is 3. The Kier molecular flexibility index (Phi) is 5.92. The lowest BCUT2D eigenvalue weighted by molar-refractivity contribution is -0.131. The van der Waals surface area contributed by atoms with Crippen LogP contribution < -0.4 is 9.44 Å². The van der Waals surface area contributed by atoms with Crippen LogP contribution in [0.1, 0.15) is 25.0 Å². The summed E-state index contributed by atoms with van der Waals surface area (Å²) in [6, 6.07) is 5.03. The maximum Gasteiger partial charge on any atom is 0.328 e. The second-order valence-electron chi connectivity index (χ2n) is 5.09. The van der Waals surface area contributed by atoms with Gasteiger partial charge in [0.15, 0.2) is 0 Å². The highest BCUT2D eigenvalue weighted by atomic mass is 32.2. The van der Waals surface area contributed by atoms with Gasteiger partial charge in [-0.2, -0.15) is 13.1 Å². The molecule has 0 saturated heterocycles. The normalized spacial score (nSPS) is 12.0. The maximum atomic E-state index is 11.9. The Morgan fingerprint density at radius 2 is 2.05 bits per heavy atom. The van der Waals surface area contributed by atoms with Crippen molar-refractivity contribution in [2.45, 2.75) is 20.8 Å². The quantitative estimate of drug-likeness (QED) is 0.671. The van der Waals surface area contributed by atoms with Crippen LogP contribution in [0, 0.1) is 12.8 Å². The molecule has 0 aliphatic carbocycles. The predicted molar refractivity (Wildman–Crippen MR) is 83.2 cm³/mol. The SMILES string of the molecule is Cc1ccc(/C=C/C(=O)O)cc1NS(=O)(=O)NCC(C)C. The molecule has 0 fully saturated rings. The van der Waals surface area contributed by atoms with Gasteiger partial charge in [-0.15, -0.1) is 0 Å². The third-order valence-electron chi connectivity index (χ3n) is 2.61. The molecular formula is C14H20N2O4S. The fraction of sp³-hybridized carbons (Fsp3) is 0.357. The topological polar surface area (TPSA) is 95.5 Å². The Bertz CT molecular complexity index is 636. The van der Waals surface area contributed by atoms with Crippen molar-refractivity contribution in [2.75, 3.05) is 11.3 Å². The molecule has 0 atom stereocenters. The van der Waals surface area contributed by atoms with Crippen LogP contribution in [0.25, 0.3) is 6.08 Å². The van der Waals surface area contributed by atoms with Gasteiger partial charge in [0.1, 0.15) is 0 Å². The van der Waals surface area contributed by atoms with E-state index in [2.05, 4.69) is 9.44 Å². The lowest BCUT2D eigenvalue weighted by atomic mass is 10.1. The molecule has 1 aromatic rings. The summed E-state index contributed by atoms with van der Waals surface area (Å²) < 4.78 is 28.7. The van der Waals surface area contributed by atoms with Gasteiger partial charge >= 0.3 is 5.97 Å². The van der Waals surface area contributed by atoms with E-state index >= 15 is 0 Å². The molecule has 0 spiro atoms. The number of carbonyl (C=O) groups is 1. The first-order valence-electron chi connectivity index (χ1n) is 6.48. The van der Waals surface area contributed by atoms with Crippen LogP contribution in [-0.2, 0) is 15.0 Å². The first-order valence-corrected chi connectivity index (χ1v) is 7.97. The molecule has 116 valence electrons. The zero-order chi connectivity index (χ0) is 16.0. The second kappa shape index (κ2) is 7.24. The van der Waals surface area contributed by atoms with Gasteiger partial charge in [-0.05, 0) is 36.1 Å². The summed E-state index contributed by atoms with van der Waals surface area (Å²) >= 11 is 0. The highest BCUT2D eigenvalue weighted by Crippen LogP contribution is 2.19. The molecule has 21 heavy (non-hydrogen) atoms. The van der Waals surface area contributed by atoms with Crippen molar-refractivity contribution in [2.24, 2.45) is 5.92 Å². The molecule has 0 bridgehead atoms. The summed E-state index contributed by atoms with van der Waals surface area (Å²) in [7, 11) is -3.64. The third kappa shape index (κ3) is 6.42. The molecule has 3 N–H and O–H groups in total. The zero-order valence-corrected chi connectivity index (χ0v) is 13.1. The third-order valence-corrected chi connectivity index (χ3v) is 3.64. The van der Waals surface area contributed by atoms with Crippen molar-refractivity contribution in [1.29, 1.82) is 0 Å². The van der Waals surface area contributed by atoms with Crippen molar-refractivity contribution in [3.05, 3.63) is 35.4 Å². The Morgan fingerprint density at radius 3 is 2.62 bits per heavy atom. The number of nitrogens with one attached hydrogen (secondary N) is 2. The summed E-state index contributed by atoms with van der Waals surface area (Å²) in [5.41, 5.74) is 1.76. The molecule has 0 aliphatic heterocycles. The number of rotatable bonds is 7. The Balaban J connectivity index is 2.92. The van der Waals surface area contributed by atoms with E-state index in [1.165, 1.54) is 6.08 Å². The van der Waals surface area contributed by atoms with Crippen LogP contribution in [0.4, 0.5) is 5.69 Å². The van der Waals surface area contributed by atoms with Gasteiger partial charge in [0.05, 0.1) is 5.69 Å². The van der Waals surface area contributed by atoms with Crippen LogP contribution in [0.15, 0.2) is 24.3 Å². The fourth-order valence-corrected chi connectivity index (χ4v) is 2.61. The lowest BCUT2D eigenvalue weighted by Gasteiger charge is -2.13. The molecule has 0 unspecified atom stereocenters. The zero-order valence-electron chi connectivity index (χ0n) is 12.3. The molecule has 0 radical (unpaired) electrons. The summed E-state index contributed by atoms with van der Waals surface area (Å²) in [5, 5.41) is 8.60. The summed E-state index contributed by atoms with van der Waals surface area (Å²) in [4.78, 5) is 10.5. The highest BCUT2D eigenvalue weighted by molar-refractivity contribution is 7.90. The van der Waals surface area contributed by atoms with Gasteiger partial charge in [0, 0.05) is 12.6 Å². The van der Waals surface area contributed by atoms with Crippen molar-refractivity contribution >= 4 is 27.9 Å². The van der Waals surface area contributed by atoms with E-state index in [0.717, 1.165) is 11.6 Å². The average Bonchev–Trinajstić information content (AvgIpc) is 2.37. The van der Waals surface area contributed by atoms with Crippen LogP contribution in [0.5, 0.6) is 0 Å². The van der Waals surface area contributed by atoms with Gasteiger partial charge < -0.3 is 5.11 Å². The van der Waals surface area contributed by atoms with Crippen molar-refractivity contribution in [3.63, 3.8) is 0 Å². The lowest BCUT2D eigenvalue weighted by Crippen LogP contribution is -2.33. The van der Waals surface area contributed by atoms with Crippen LogP contribution in [0.2, 0.25) is 0 Å². The minimum atomic E-state index is -3.64. The van der Waals surface area contributed by atoms with E-state index in [4.69, 9.17) is 5.11 Å². The Labute approximate surface area is 125 Å². The molecule has 0 amide bonds. The average molecular weight is 312 g/mol. The van der Waals surface area contributed by atoms with E-state index in [1.807, 2.05) is 13.8 Å². The molecule has 0 aromatic heterocycles. The monoisotopic (exact) mass is 312 g/mol. The summed E-state index contributed by atoms with van der Waals surface area (Å²) in [6.45, 7) is 5.92. The maximum absolute atomic E-state index is 11.9. The van der Waals surface area contributed by atoms with Crippen molar-refractivity contribution in [1.82, 2.24) is 4.72 Å². The molecule has 0 heterocycles. The Hall–Kier alpha value is -1.86. The van der Waals surface area contributed by atoms with Gasteiger partial charge in [-0.1, -0.05) is 26.0 Å². The van der Waals surface area contributed by atoms with Gasteiger partial charge in [-0.3, -0.25) is 4.72 Å². The molecule has 0 aliphatic rings. The number of carboxylic acid groups (broad SMARTS) is 1. The number of hydrogen-bond acceptors (Lipinski definition) is 3. The number of aryl methyl sites for hydroxylation is 1. The molecular weight excluding hydrogens is 292 g/mol. The van der Waals surface area contributed by atoms with E-state index < -0.39 is 16.2 Å². The fourth-order valence-electron chi connectivity index (χ4n) is 1.48. The summed E-state index contributed by atoms with van der Waals surface area (Å²) in [5.74, 6) is -0.858. The number of benzene rings is 1. The largest absolute Gasteiger partial charge is 0.478 e. The minimum Gasteiger partial charge on any atom is -0.478 e. The molecule has 7 heteroatoms. The number of aliphatic carboxylic acids is 1. The van der Waals surface area contributed by atoms with E-state index in [-0.39, 0.29) is 5.92 Å². The minimum absolute atomic E-state index is 0.201. The van der Waals surface area contributed by atoms with Gasteiger partial charge in [0.2, 0.25) is 0 Å². The van der Waals surface area contributed by atoms with Crippen LogP contribution in [-0.4, -0.2) is 26.0 Å². The molecule has 0 saturated carbocycles. The second-order valence-corrected chi connectivity index (χ2v) is 6.59. The number of anilines is 1. The van der Waals surface area contributed by atoms with E-state index in [0.29, 0.717) is 17.8 Å². The van der Waals surface area contributed by atoms with E-state index in [9.17, 15) is 13.2 Å². The first-order chi connectivity index (χ1) is 9.69. The molecule has 1 aromatic carbocycles. The predicted octanol–water partition coefficient (Wildman–Crippen LogP) is 2.00.